The molecule has 0 unspecified atom stereocenters. The topological polar surface area (TPSA) is 83.8 Å². The number of nitrogens with two attached hydrogens (primary N) is 1. The lowest BCUT2D eigenvalue weighted by atomic mass is 9.98. The van der Waals surface area contributed by atoms with Crippen LogP contribution in [0.25, 0.3) is 0 Å². The van der Waals surface area contributed by atoms with Crippen LogP contribution >= 0.6 is 11.5 Å². The van der Waals surface area contributed by atoms with Gasteiger partial charge in [0.1, 0.15) is 16.6 Å². The van der Waals surface area contributed by atoms with Crippen LogP contribution in [0.3, 0.4) is 0 Å². The Labute approximate surface area is 121 Å². The zero-order chi connectivity index (χ0) is 14.3. The molecule has 2 N–H and O–H groups in total. The first-order valence-electron chi connectivity index (χ1n) is 6.45. The van der Waals surface area contributed by atoms with Crippen molar-refractivity contribution in [1.29, 1.82) is 5.26 Å². The molecule has 2 aromatic rings. The molecule has 0 spiro atoms. The number of nitrogens with zero attached hydrogens (tertiary/aromatic N) is 5. The summed E-state index contributed by atoms with van der Waals surface area (Å²) in [7, 11) is 1.90. The number of hydrogen-bond donors (Lipinski definition) is 1. The molecule has 20 heavy (non-hydrogen) atoms. The zero-order valence-corrected chi connectivity index (χ0v) is 12.3. The van der Waals surface area contributed by atoms with Crippen LogP contribution in [-0.2, 0) is 7.05 Å². The largest absolute Gasteiger partial charge is 0.359 e. The Morgan fingerprint density at radius 3 is 2.95 bits per heavy atom. The molecule has 3 rings (SSSR count). The van der Waals surface area contributed by atoms with E-state index in [0.717, 1.165) is 29.3 Å². The van der Waals surface area contributed by atoms with Gasteiger partial charge < -0.3 is 10.6 Å². The fourth-order valence-corrected chi connectivity index (χ4v) is 3.55. The van der Waals surface area contributed by atoms with Gasteiger partial charge in [0.25, 0.3) is 0 Å². The van der Waals surface area contributed by atoms with Crippen LogP contribution in [-0.4, -0.2) is 33.3 Å². The van der Waals surface area contributed by atoms with E-state index in [1.54, 1.807) is 4.68 Å². The van der Waals surface area contributed by atoms with Crippen molar-refractivity contribution in [3.63, 3.8) is 0 Å². The first-order chi connectivity index (χ1) is 9.60. The van der Waals surface area contributed by atoms with E-state index in [1.165, 1.54) is 11.5 Å². The van der Waals surface area contributed by atoms with Crippen LogP contribution in [0.4, 0.5) is 5.00 Å². The highest BCUT2D eigenvalue weighted by Gasteiger charge is 2.34. The average molecular weight is 288 g/mol. The van der Waals surface area contributed by atoms with Gasteiger partial charge in [-0.2, -0.15) is 14.7 Å². The summed E-state index contributed by atoms with van der Waals surface area (Å²) in [5, 5.41) is 14.4. The van der Waals surface area contributed by atoms with Crippen molar-refractivity contribution in [2.45, 2.75) is 18.9 Å². The van der Waals surface area contributed by atoms with Crippen molar-refractivity contribution in [3.8, 4) is 6.07 Å². The van der Waals surface area contributed by atoms with Gasteiger partial charge in [-0.05, 0) is 24.0 Å². The van der Waals surface area contributed by atoms with E-state index in [0.29, 0.717) is 5.56 Å². The second-order valence-corrected chi connectivity index (χ2v) is 5.93. The molecule has 0 amide bonds. The van der Waals surface area contributed by atoms with Gasteiger partial charge >= 0.3 is 0 Å². The second kappa shape index (κ2) is 4.89. The summed E-state index contributed by atoms with van der Waals surface area (Å²) in [4.78, 5) is 2.17. The molecule has 7 heteroatoms. The summed E-state index contributed by atoms with van der Waals surface area (Å²) in [6.07, 6.45) is 3.88. The van der Waals surface area contributed by atoms with Gasteiger partial charge in [0.05, 0.1) is 11.9 Å². The highest BCUT2D eigenvalue weighted by molar-refractivity contribution is 7.10. The highest BCUT2D eigenvalue weighted by Crippen LogP contribution is 2.35. The highest BCUT2D eigenvalue weighted by atomic mass is 32.1. The molecule has 2 aromatic heterocycles. The van der Waals surface area contributed by atoms with Gasteiger partial charge in [0, 0.05) is 38.3 Å². The molecular weight excluding hydrogens is 272 g/mol. The van der Waals surface area contributed by atoms with E-state index in [1.807, 2.05) is 26.4 Å². The smallest absolute Gasteiger partial charge is 0.130 e. The van der Waals surface area contributed by atoms with E-state index in [2.05, 4.69) is 20.4 Å². The minimum atomic E-state index is 0.0492. The summed E-state index contributed by atoms with van der Waals surface area (Å²) in [6, 6.07) is 2.29. The first kappa shape index (κ1) is 13.1. The lowest BCUT2D eigenvalue weighted by Crippen LogP contribution is -2.28. The number of anilines is 1. The van der Waals surface area contributed by atoms with Crippen molar-refractivity contribution in [2.24, 2.45) is 12.8 Å². The molecule has 6 nitrogen and oxygen atoms in total. The quantitative estimate of drug-likeness (QED) is 0.891. The number of hydrogen-bond acceptors (Lipinski definition) is 6. The zero-order valence-electron chi connectivity index (χ0n) is 11.4. The first-order valence-corrected chi connectivity index (χ1v) is 7.23. The maximum absolute atomic E-state index is 9.25. The van der Waals surface area contributed by atoms with Crippen LogP contribution in [0.1, 0.15) is 22.7 Å². The standard InChI is InChI=1S/C13H16N6S/c1-8-10(3-14)13(20-17-8)19-6-11(12(15)7-19)9-4-16-18(2)5-9/h4-5,11-12H,6-7,15H2,1-2H3/t11-,12+/m0/s1. The Balaban J connectivity index is 1.87. The second-order valence-electron chi connectivity index (χ2n) is 5.18. The maximum Gasteiger partial charge on any atom is 0.130 e. The van der Waals surface area contributed by atoms with Crippen molar-refractivity contribution >= 4 is 16.5 Å². The minimum absolute atomic E-state index is 0.0492. The third-order valence-corrected chi connectivity index (χ3v) is 4.76. The minimum Gasteiger partial charge on any atom is -0.359 e. The van der Waals surface area contributed by atoms with Gasteiger partial charge in [-0.3, -0.25) is 4.68 Å². The van der Waals surface area contributed by atoms with Crippen molar-refractivity contribution in [2.75, 3.05) is 18.0 Å². The van der Waals surface area contributed by atoms with Crippen LogP contribution in [0, 0.1) is 18.3 Å². The molecular formula is C13H16N6S. The molecule has 1 aliphatic heterocycles. The number of nitriles is 1. The Morgan fingerprint density at radius 2 is 2.30 bits per heavy atom. The van der Waals surface area contributed by atoms with E-state index in [-0.39, 0.29) is 12.0 Å². The lowest BCUT2D eigenvalue weighted by Gasteiger charge is -2.15. The van der Waals surface area contributed by atoms with E-state index in [9.17, 15) is 5.26 Å². The number of rotatable bonds is 2. The van der Waals surface area contributed by atoms with Gasteiger partial charge in [-0.25, -0.2) is 0 Å². The van der Waals surface area contributed by atoms with Crippen LogP contribution < -0.4 is 10.6 Å². The predicted molar refractivity (Wildman–Crippen MR) is 77.7 cm³/mol. The van der Waals surface area contributed by atoms with Crippen molar-refractivity contribution < 1.29 is 0 Å². The molecule has 104 valence electrons. The van der Waals surface area contributed by atoms with Crippen LogP contribution in [0.5, 0.6) is 0 Å². The lowest BCUT2D eigenvalue weighted by molar-refractivity contribution is 0.652. The molecule has 1 aliphatic rings. The number of aromatic nitrogens is 3. The summed E-state index contributed by atoms with van der Waals surface area (Å²) in [5.74, 6) is 0.248. The van der Waals surface area contributed by atoms with Gasteiger partial charge in [0.15, 0.2) is 0 Å². The van der Waals surface area contributed by atoms with Crippen LogP contribution in [0.2, 0.25) is 0 Å². The van der Waals surface area contributed by atoms with Gasteiger partial charge in [-0.1, -0.05) is 0 Å². The normalized spacial score (nSPS) is 22.2. The monoisotopic (exact) mass is 288 g/mol. The molecule has 1 fully saturated rings. The van der Waals surface area contributed by atoms with E-state index < -0.39 is 0 Å². The molecule has 1 saturated heterocycles. The third kappa shape index (κ3) is 2.07. The molecule has 0 aliphatic carbocycles. The molecule has 3 heterocycles. The average Bonchev–Trinajstić information content (AvgIpc) is 3.08. The number of aryl methyl sites for hydroxylation is 2. The Morgan fingerprint density at radius 1 is 1.50 bits per heavy atom. The Bertz CT molecular complexity index is 667. The molecule has 2 atom stereocenters. The van der Waals surface area contributed by atoms with Gasteiger partial charge in [0.2, 0.25) is 0 Å². The maximum atomic E-state index is 9.25. The predicted octanol–water partition coefficient (Wildman–Crippen LogP) is 0.988. The Hall–Kier alpha value is -1.91. The van der Waals surface area contributed by atoms with Gasteiger partial charge in [-0.15, -0.1) is 0 Å². The summed E-state index contributed by atoms with van der Waals surface area (Å²) in [5.41, 5.74) is 8.90. The molecule has 0 radical (unpaired) electrons. The van der Waals surface area contributed by atoms with Crippen molar-refractivity contribution in [3.05, 3.63) is 29.2 Å². The van der Waals surface area contributed by atoms with Crippen molar-refractivity contribution in [1.82, 2.24) is 14.2 Å². The molecule has 0 saturated carbocycles. The fourth-order valence-electron chi connectivity index (χ4n) is 2.68. The summed E-state index contributed by atoms with van der Waals surface area (Å²) in [6.45, 7) is 3.42. The molecule has 0 aromatic carbocycles. The summed E-state index contributed by atoms with van der Waals surface area (Å²) < 4.78 is 6.07. The SMILES string of the molecule is Cc1nsc(N2C[C@@H](N)[C@H](c3cnn(C)c3)C2)c1C#N. The van der Waals surface area contributed by atoms with E-state index >= 15 is 0 Å². The third-order valence-electron chi connectivity index (χ3n) is 3.76. The fraction of sp³-hybridized carbons (Fsp3) is 0.462. The summed E-state index contributed by atoms with van der Waals surface area (Å²) >= 11 is 1.38. The Kier molecular flexibility index (Phi) is 3.20. The van der Waals surface area contributed by atoms with E-state index in [4.69, 9.17) is 5.73 Å². The van der Waals surface area contributed by atoms with Crippen LogP contribution in [0.15, 0.2) is 12.4 Å². The molecule has 0 bridgehead atoms.